The predicted molar refractivity (Wildman–Crippen MR) is 64.5 cm³/mol. The van der Waals surface area contributed by atoms with Gasteiger partial charge in [0.2, 0.25) is 0 Å². The average molecular weight is 326 g/mol. The van der Waals surface area contributed by atoms with Gasteiger partial charge in [0.1, 0.15) is 6.10 Å². The molecule has 1 aliphatic heterocycles. The van der Waals surface area contributed by atoms with E-state index in [1.165, 1.54) is 0 Å². The van der Waals surface area contributed by atoms with Crippen molar-refractivity contribution < 1.29 is 31.8 Å². The molecule has 124 valence electrons. The highest BCUT2D eigenvalue weighted by Crippen LogP contribution is 2.49. The van der Waals surface area contributed by atoms with Crippen molar-refractivity contribution in [3.05, 3.63) is 17.0 Å². The summed E-state index contributed by atoms with van der Waals surface area (Å²) >= 11 is 0. The Morgan fingerprint density at radius 3 is 2.64 bits per heavy atom. The lowest BCUT2D eigenvalue weighted by atomic mass is 10.0. The Balaban J connectivity index is 2.08. The van der Waals surface area contributed by atoms with Crippen molar-refractivity contribution in [1.29, 1.82) is 0 Å². The minimum atomic E-state index is -4.88. The van der Waals surface area contributed by atoms with E-state index in [1.54, 1.807) is 6.92 Å². The molecule has 0 spiro atoms. The molecule has 0 radical (unpaired) electrons. The first-order valence-electron chi connectivity index (χ1n) is 6.97. The van der Waals surface area contributed by atoms with Crippen LogP contribution in [0.25, 0.3) is 0 Å². The summed E-state index contributed by atoms with van der Waals surface area (Å²) in [5, 5.41) is 13.1. The summed E-state index contributed by atoms with van der Waals surface area (Å²) in [6.45, 7) is 2.10. The largest absolute Gasteiger partial charge is 0.435 e. The summed E-state index contributed by atoms with van der Waals surface area (Å²) in [6, 6.07) is -0.435. The predicted octanol–water partition coefficient (Wildman–Crippen LogP) is 2.87. The molecule has 0 aromatic carbocycles. The van der Waals surface area contributed by atoms with E-state index in [-0.39, 0.29) is 11.8 Å². The number of hydrogen-bond donors (Lipinski definition) is 1. The fourth-order valence-electron chi connectivity index (χ4n) is 3.18. The fraction of sp³-hybridized carbons (Fsp3) is 0.769. The quantitative estimate of drug-likeness (QED) is 0.807. The molecule has 0 amide bonds. The minimum absolute atomic E-state index is 0.181. The maximum atomic E-state index is 13.7. The SMILES string of the molecule is C[C@@H]1CC(n2nc(C(F)(F)F)c3c2CC(F)(F)[C@H]3O)CCO1. The molecule has 0 bridgehead atoms. The van der Waals surface area contributed by atoms with Gasteiger partial charge in [0.15, 0.2) is 5.69 Å². The van der Waals surface area contributed by atoms with Gasteiger partial charge in [-0.15, -0.1) is 0 Å². The van der Waals surface area contributed by atoms with E-state index in [1.807, 2.05) is 0 Å². The van der Waals surface area contributed by atoms with Crippen LogP contribution in [0.15, 0.2) is 0 Å². The van der Waals surface area contributed by atoms with Gasteiger partial charge < -0.3 is 9.84 Å². The smallest absolute Gasteiger partial charge is 0.382 e. The second kappa shape index (κ2) is 4.89. The topological polar surface area (TPSA) is 47.3 Å². The lowest BCUT2D eigenvalue weighted by molar-refractivity contribution is -0.146. The van der Waals surface area contributed by atoms with Gasteiger partial charge in [-0.25, -0.2) is 8.78 Å². The molecular formula is C13H15F5N2O2. The Kier molecular flexibility index (Phi) is 3.48. The minimum Gasteiger partial charge on any atom is -0.382 e. The van der Waals surface area contributed by atoms with E-state index in [0.717, 1.165) is 4.68 Å². The van der Waals surface area contributed by atoms with Gasteiger partial charge in [0.05, 0.1) is 24.3 Å². The van der Waals surface area contributed by atoms with Crippen LogP contribution in [0.1, 0.15) is 48.9 Å². The number of halogens is 5. The Bertz CT molecular complexity index is 584. The van der Waals surface area contributed by atoms with E-state index < -0.39 is 41.9 Å². The van der Waals surface area contributed by atoms with E-state index in [0.29, 0.717) is 19.4 Å². The molecule has 2 heterocycles. The molecule has 1 N–H and O–H groups in total. The third kappa shape index (κ3) is 2.40. The van der Waals surface area contributed by atoms with Crippen LogP contribution in [0.4, 0.5) is 22.0 Å². The summed E-state index contributed by atoms with van der Waals surface area (Å²) in [7, 11) is 0. The molecule has 22 heavy (non-hydrogen) atoms. The number of aliphatic hydroxyl groups excluding tert-OH is 1. The molecule has 1 unspecified atom stereocenters. The van der Waals surface area contributed by atoms with Crippen LogP contribution in [0, 0.1) is 0 Å². The summed E-state index contributed by atoms with van der Waals surface area (Å²) in [5.74, 6) is -3.61. The van der Waals surface area contributed by atoms with E-state index in [2.05, 4.69) is 5.10 Å². The number of alkyl halides is 5. The number of aromatic nitrogens is 2. The molecule has 1 aromatic heterocycles. The summed E-state index contributed by atoms with van der Waals surface area (Å²) < 4.78 is 72.9. The van der Waals surface area contributed by atoms with Crippen LogP contribution in [-0.2, 0) is 17.3 Å². The van der Waals surface area contributed by atoms with E-state index in [4.69, 9.17) is 4.74 Å². The maximum Gasteiger partial charge on any atom is 0.435 e. The standard InChI is InChI=1S/C13H15F5N2O2/c1-6-4-7(2-3-22-6)20-8-5-12(14,15)11(21)9(8)10(19-20)13(16,17)18/h6-7,11,21H,2-5H2,1H3/t6-,7?,11+/m1/s1. The highest BCUT2D eigenvalue weighted by atomic mass is 19.4. The van der Waals surface area contributed by atoms with Gasteiger partial charge in [0.25, 0.3) is 5.92 Å². The van der Waals surface area contributed by atoms with Crippen LogP contribution in [0.2, 0.25) is 0 Å². The lowest BCUT2D eigenvalue weighted by Gasteiger charge is -2.28. The Hall–Kier alpha value is -1.22. The lowest BCUT2D eigenvalue weighted by Crippen LogP contribution is -2.29. The normalized spacial score (nSPS) is 31.3. The molecule has 4 nitrogen and oxygen atoms in total. The number of aliphatic hydroxyl groups is 1. The first-order chi connectivity index (χ1) is 10.1. The van der Waals surface area contributed by atoms with Crippen LogP contribution in [0.3, 0.4) is 0 Å². The van der Waals surface area contributed by atoms with E-state index in [9.17, 15) is 27.1 Å². The zero-order valence-electron chi connectivity index (χ0n) is 11.7. The molecule has 1 aromatic rings. The van der Waals surface area contributed by atoms with Crippen molar-refractivity contribution in [3.63, 3.8) is 0 Å². The number of hydrogen-bond acceptors (Lipinski definition) is 3. The Labute approximate surface area is 122 Å². The summed E-state index contributed by atoms with van der Waals surface area (Å²) in [6.07, 6.45) is -7.67. The molecule has 1 fully saturated rings. The van der Waals surface area contributed by atoms with Crippen LogP contribution < -0.4 is 0 Å². The molecular weight excluding hydrogens is 311 g/mol. The first kappa shape index (κ1) is 15.7. The number of ether oxygens (including phenoxy) is 1. The second-order valence-corrected chi connectivity index (χ2v) is 5.85. The molecule has 9 heteroatoms. The monoisotopic (exact) mass is 326 g/mol. The van der Waals surface area contributed by atoms with Crippen LogP contribution >= 0.6 is 0 Å². The van der Waals surface area contributed by atoms with Crippen molar-refractivity contribution in [3.8, 4) is 0 Å². The first-order valence-corrected chi connectivity index (χ1v) is 6.97. The third-order valence-corrected chi connectivity index (χ3v) is 4.20. The van der Waals surface area contributed by atoms with Crippen molar-refractivity contribution >= 4 is 0 Å². The number of rotatable bonds is 1. The zero-order valence-corrected chi connectivity index (χ0v) is 11.7. The average Bonchev–Trinajstić information content (AvgIpc) is 2.85. The molecule has 3 atom stereocenters. The molecule has 2 aliphatic rings. The van der Waals surface area contributed by atoms with Gasteiger partial charge in [-0.2, -0.15) is 18.3 Å². The Morgan fingerprint density at radius 2 is 2.05 bits per heavy atom. The number of fused-ring (bicyclic) bond motifs is 1. The summed E-state index contributed by atoms with van der Waals surface area (Å²) in [4.78, 5) is 0. The van der Waals surface area contributed by atoms with E-state index >= 15 is 0 Å². The van der Waals surface area contributed by atoms with Crippen LogP contribution in [0.5, 0.6) is 0 Å². The van der Waals surface area contributed by atoms with Crippen molar-refractivity contribution in [2.45, 2.75) is 56.5 Å². The third-order valence-electron chi connectivity index (χ3n) is 4.20. The molecule has 1 aliphatic carbocycles. The molecule has 0 saturated carbocycles. The number of nitrogens with zero attached hydrogens (tertiary/aromatic N) is 2. The maximum absolute atomic E-state index is 13.7. The van der Waals surface area contributed by atoms with Crippen molar-refractivity contribution in [2.75, 3.05) is 6.61 Å². The molecule has 1 saturated heterocycles. The van der Waals surface area contributed by atoms with Gasteiger partial charge in [0, 0.05) is 12.2 Å². The molecule has 3 rings (SSSR count). The van der Waals surface area contributed by atoms with Crippen LogP contribution in [-0.4, -0.2) is 33.5 Å². The zero-order chi connectivity index (χ0) is 16.3. The second-order valence-electron chi connectivity index (χ2n) is 5.85. The van der Waals surface area contributed by atoms with Gasteiger partial charge >= 0.3 is 6.18 Å². The Morgan fingerprint density at radius 1 is 1.36 bits per heavy atom. The van der Waals surface area contributed by atoms with Crippen molar-refractivity contribution in [1.82, 2.24) is 9.78 Å². The highest BCUT2D eigenvalue weighted by molar-refractivity contribution is 5.38. The summed E-state index contributed by atoms with van der Waals surface area (Å²) in [5.41, 5.74) is -2.41. The highest BCUT2D eigenvalue weighted by Gasteiger charge is 2.55. The van der Waals surface area contributed by atoms with Gasteiger partial charge in [-0.1, -0.05) is 0 Å². The van der Waals surface area contributed by atoms with Crippen molar-refractivity contribution in [2.24, 2.45) is 0 Å². The fourth-order valence-corrected chi connectivity index (χ4v) is 3.18. The van der Waals surface area contributed by atoms with Gasteiger partial charge in [-0.3, -0.25) is 4.68 Å². The van der Waals surface area contributed by atoms with Gasteiger partial charge in [-0.05, 0) is 19.8 Å².